The summed E-state index contributed by atoms with van der Waals surface area (Å²) >= 11 is 0. The minimum absolute atomic E-state index is 0.373. The Hall–Kier alpha value is -1.02. The highest BCUT2D eigenvalue weighted by Crippen LogP contribution is 2.42. The number of alkyl halides is 7. The maximum Gasteiger partial charge on any atom is 0.466 e. The minimum Gasteiger partial charge on any atom is -0.396 e. The summed E-state index contributed by atoms with van der Waals surface area (Å²) in [5.41, 5.74) is 0. The van der Waals surface area contributed by atoms with Crippen molar-refractivity contribution in [2.24, 2.45) is 0 Å². The van der Waals surface area contributed by atoms with Crippen LogP contribution in [0.3, 0.4) is 0 Å². The molecule has 0 aliphatic rings. The Balaban J connectivity index is 4.76. The summed E-state index contributed by atoms with van der Waals surface area (Å²) in [6, 6.07) is 0. The van der Waals surface area contributed by atoms with E-state index in [1.165, 1.54) is 0 Å². The molecule has 0 spiro atoms. The largest absolute Gasteiger partial charge is 0.466 e. The van der Waals surface area contributed by atoms with Crippen molar-refractivity contribution in [3.05, 3.63) is 0 Å². The van der Waals surface area contributed by atoms with Crippen molar-refractivity contribution in [1.82, 2.24) is 0 Å². The zero-order valence-electron chi connectivity index (χ0n) is 7.17. The van der Waals surface area contributed by atoms with E-state index in [0.717, 1.165) is 0 Å². The molecule has 0 aromatic rings. The molecule has 0 heterocycles. The summed E-state index contributed by atoms with van der Waals surface area (Å²) in [5, 5.41) is 0. The van der Waals surface area contributed by atoms with Gasteiger partial charge < -0.3 is 4.74 Å². The van der Waals surface area contributed by atoms with Gasteiger partial charge in [0.25, 0.3) is 0 Å². The first-order valence-electron chi connectivity index (χ1n) is 3.39. The summed E-state index contributed by atoms with van der Waals surface area (Å²) < 4.78 is 86.4. The van der Waals surface area contributed by atoms with Gasteiger partial charge in [-0.3, -0.25) is 4.79 Å². The molecule has 0 aromatic heterocycles. The molecular weight excluding hydrogens is 237 g/mol. The van der Waals surface area contributed by atoms with E-state index in [4.69, 9.17) is 0 Å². The van der Waals surface area contributed by atoms with E-state index in [9.17, 15) is 35.5 Å². The number of carbonyl (C=O) groups is 1. The molecule has 0 N–H and O–H groups in total. The Kier molecular flexibility index (Phi) is 3.59. The molecule has 0 radical (unpaired) electrons. The first-order chi connectivity index (χ1) is 6.37. The highest BCUT2D eigenvalue weighted by molar-refractivity contribution is 5.66. The molecule has 0 atom stereocenters. The van der Waals surface area contributed by atoms with Crippen molar-refractivity contribution in [2.45, 2.75) is 31.6 Å². The van der Waals surface area contributed by atoms with Gasteiger partial charge in [0.1, 0.15) is 6.42 Å². The Bertz CT molecular complexity index is 244. The molecular formula is C6H5F7O2. The number of hydrogen-bond donors (Lipinski definition) is 0. The SMILES string of the molecule is CC(=O)OC(F)(F)C(F)(F)CC(F)(F)F. The lowest BCUT2D eigenvalue weighted by molar-refractivity contribution is -0.350. The number of ether oxygens (including phenoxy) is 1. The molecule has 90 valence electrons. The van der Waals surface area contributed by atoms with Crippen LogP contribution in [-0.4, -0.2) is 24.2 Å². The van der Waals surface area contributed by atoms with Crippen molar-refractivity contribution >= 4 is 5.97 Å². The van der Waals surface area contributed by atoms with Crippen molar-refractivity contribution < 1.29 is 40.3 Å². The summed E-state index contributed by atoms with van der Waals surface area (Å²) in [7, 11) is 0. The maximum atomic E-state index is 12.3. The van der Waals surface area contributed by atoms with Crippen LogP contribution in [0.4, 0.5) is 30.7 Å². The summed E-state index contributed by atoms with van der Waals surface area (Å²) in [6.07, 6.45) is -14.0. The predicted molar refractivity (Wildman–Crippen MR) is 32.3 cm³/mol. The lowest BCUT2D eigenvalue weighted by atomic mass is 10.2. The van der Waals surface area contributed by atoms with E-state index in [1.54, 1.807) is 0 Å². The Morgan fingerprint density at radius 3 is 1.73 bits per heavy atom. The van der Waals surface area contributed by atoms with E-state index in [-0.39, 0.29) is 0 Å². The van der Waals surface area contributed by atoms with E-state index in [2.05, 4.69) is 4.74 Å². The van der Waals surface area contributed by atoms with Gasteiger partial charge in [-0.15, -0.1) is 0 Å². The smallest absolute Gasteiger partial charge is 0.396 e. The minimum atomic E-state index is -5.49. The molecule has 0 unspecified atom stereocenters. The number of carbonyl (C=O) groups excluding carboxylic acids is 1. The average molecular weight is 242 g/mol. The predicted octanol–water partition coefficient (Wildman–Crippen LogP) is 2.73. The van der Waals surface area contributed by atoms with E-state index >= 15 is 0 Å². The van der Waals surface area contributed by atoms with Crippen LogP contribution in [0.2, 0.25) is 0 Å². The molecule has 9 heteroatoms. The van der Waals surface area contributed by atoms with Gasteiger partial charge in [-0.25, -0.2) is 0 Å². The molecule has 2 nitrogen and oxygen atoms in total. The molecule has 0 rings (SSSR count). The van der Waals surface area contributed by atoms with Crippen LogP contribution in [0.15, 0.2) is 0 Å². The second kappa shape index (κ2) is 3.86. The van der Waals surface area contributed by atoms with E-state index in [0.29, 0.717) is 6.92 Å². The molecule has 0 saturated carbocycles. The van der Waals surface area contributed by atoms with Crippen LogP contribution >= 0.6 is 0 Å². The first kappa shape index (κ1) is 14.0. The fourth-order valence-electron chi connectivity index (χ4n) is 0.610. The fraction of sp³-hybridized carbons (Fsp3) is 0.833. The van der Waals surface area contributed by atoms with Gasteiger partial charge in [-0.2, -0.15) is 30.7 Å². The number of halogens is 7. The second-order valence-corrected chi connectivity index (χ2v) is 2.61. The van der Waals surface area contributed by atoms with Crippen LogP contribution in [0, 0.1) is 0 Å². The normalized spacial score (nSPS) is 13.9. The van der Waals surface area contributed by atoms with Crippen LogP contribution in [0.25, 0.3) is 0 Å². The average Bonchev–Trinajstić information content (AvgIpc) is 1.75. The van der Waals surface area contributed by atoms with Gasteiger partial charge in [0.2, 0.25) is 0 Å². The van der Waals surface area contributed by atoms with E-state index in [1.807, 2.05) is 0 Å². The van der Waals surface area contributed by atoms with Crippen LogP contribution in [0.1, 0.15) is 13.3 Å². The van der Waals surface area contributed by atoms with E-state index < -0.39 is 30.6 Å². The molecule has 0 aromatic carbocycles. The van der Waals surface area contributed by atoms with Crippen LogP contribution < -0.4 is 0 Å². The summed E-state index contributed by atoms with van der Waals surface area (Å²) in [4.78, 5) is 9.95. The highest BCUT2D eigenvalue weighted by Gasteiger charge is 2.64. The lowest BCUT2D eigenvalue weighted by Crippen LogP contribution is -2.46. The molecule has 0 aliphatic heterocycles. The van der Waals surface area contributed by atoms with Crippen LogP contribution in [0.5, 0.6) is 0 Å². The molecule has 0 aliphatic carbocycles. The maximum absolute atomic E-state index is 12.3. The highest BCUT2D eigenvalue weighted by atomic mass is 19.4. The standard InChI is InChI=1S/C6H5F7O2/c1-3(14)15-6(12,13)4(7,8)2-5(9,10)11/h2H2,1H3. The lowest BCUT2D eigenvalue weighted by Gasteiger charge is -2.25. The van der Waals surface area contributed by atoms with Crippen molar-refractivity contribution in [3.63, 3.8) is 0 Å². The van der Waals surface area contributed by atoms with Gasteiger partial charge >= 0.3 is 24.2 Å². The molecule has 0 bridgehead atoms. The van der Waals surface area contributed by atoms with Gasteiger partial charge in [0.05, 0.1) is 0 Å². The Morgan fingerprint density at radius 2 is 1.47 bits per heavy atom. The fourth-order valence-corrected chi connectivity index (χ4v) is 0.610. The molecule has 0 amide bonds. The van der Waals surface area contributed by atoms with Crippen molar-refractivity contribution in [3.8, 4) is 0 Å². The monoisotopic (exact) mass is 242 g/mol. The second-order valence-electron chi connectivity index (χ2n) is 2.61. The first-order valence-corrected chi connectivity index (χ1v) is 3.39. The Labute approximate surface area is 79.0 Å². The zero-order valence-corrected chi connectivity index (χ0v) is 7.17. The third-order valence-electron chi connectivity index (χ3n) is 1.12. The number of hydrogen-bond acceptors (Lipinski definition) is 2. The third-order valence-corrected chi connectivity index (χ3v) is 1.12. The van der Waals surface area contributed by atoms with Gasteiger partial charge in [-0.05, 0) is 0 Å². The molecule has 15 heavy (non-hydrogen) atoms. The van der Waals surface area contributed by atoms with Crippen LogP contribution in [-0.2, 0) is 9.53 Å². The number of rotatable bonds is 3. The van der Waals surface area contributed by atoms with Gasteiger partial charge in [0, 0.05) is 6.92 Å². The quantitative estimate of drug-likeness (QED) is 0.561. The molecule has 0 fully saturated rings. The van der Waals surface area contributed by atoms with Crippen molar-refractivity contribution in [1.29, 1.82) is 0 Å². The summed E-state index contributed by atoms with van der Waals surface area (Å²) in [5.74, 6) is -7.29. The van der Waals surface area contributed by atoms with Crippen molar-refractivity contribution in [2.75, 3.05) is 0 Å². The third kappa shape index (κ3) is 4.34. The zero-order chi connectivity index (χ0) is 12.5. The number of esters is 1. The summed E-state index contributed by atoms with van der Waals surface area (Å²) in [6.45, 7) is 0.373. The Morgan fingerprint density at radius 1 is 1.07 bits per heavy atom. The van der Waals surface area contributed by atoms with Gasteiger partial charge in [0.15, 0.2) is 0 Å². The topological polar surface area (TPSA) is 26.3 Å². The molecule has 0 saturated heterocycles. The van der Waals surface area contributed by atoms with Gasteiger partial charge in [-0.1, -0.05) is 0 Å².